The van der Waals surface area contributed by atoms with Gasteiger partial charge in [-0.25, -0.2) is 4.79 Å². The van der Waals surface area contributed by atoms with Crippen LogP contribution >= 0.6 is 0 Å². The molecule has 0 bridgehead atoms. The lowest BCUT2D eigenvalue weighted by Crippen LogP contribution is -2.29. The first-order valence-electron chi connectivity index (χ1n) is 3.69. The molecule has 0 aliphatic rings. The Morgan fingerprint density at radius 2 is 2.25 bits per heavy atom. The summed E-state index contributed by atoms with van der Waals surface area (Å²) in [4.78, 5) is 24.0. The molecular formula is C7H11N3O2. The zero-order valence-corrected chi connectivity index (χ0v) is 7.05. The summed E-state index contributed by atoms with van der Waals surface area (Å²) in [5.74, 6) is 0.534. The van der Waals surface area contributed by atoms with Crippen LogP contribution in [-0.2, 0) is 7.05 Å². The van der Waals surface area contributed by atoms with Gasteiger partial charge in [-0.15, -0.1) is 0 Å². The van der Waals surface area contributed by atoms with Crippen molar-refractivity contribution in [3.63, 3.8) is 0 Å². The molecule has 5 heteroatoms. The zero-order chi connectivity index (χ0) is 9.14. The molecule has 0 radical (unpaired) electrons. The first-order chi connectivity index (χ1) is 5.65. The van der Waals surface area contributed by atoms with Gasteiger partial charge in [0.1, 0.15) is 5.82 Å². The van der Waals surface area contributed by atoms with Gasteiger partial charge in [0, 0.05) is 19.7 Å². The average molecular weight is 169 g/mol. The molecule has 0 atom stereocenters. The molecule has 0 unspecified atom stereocenters. The van der Waals surface area contributed by atoms with Crippen LogP contribution in [0.1, 0.15) is 6.92 Å². The van der Waals surface area contributed by atoms with Crippen molar-refractivity contribution in [2.75, 3.05) is 11.9 Å². The number of nitrogens with zero attached hydrogens (tertiary/aromatic N) is 1. The maximum absolute atomic E-state index is 11.0. The van der Waals surface area contributed by atoms with Gasteiger partial charge in [-0.1, -0.05) is 0 Å². The second kappa shape index (κ2) is 3.25. The second-order valence-electron chi connectivity index (χ2n) is 2.41. The standard InChI is InChI=1S/C7H11N3O2/c1-3-8-5-4-6(11)9-7(12)10(5)2/h4,8H,3H2,1-2H3,(H,9,11,12). The third-order valence-electron chi connectivity index (χ3n) is 1.52. The maximum Gasteiger partial charge on any atom is 0.329 e. The highest BCUT2D eigenvalue weighted by Crippen LogP contribution is 1.95. The van der Waals surface area contributed by atoms with Crippen LogP contribution in [0.25, 0.3) is 0 Å². The zero-order valence-electron chi connectivity index (χ0n) is 7.05. The van der Waals surface area contributed by atoms with E-state index in [1.165, 1.54) is 10.6 Å². The van der Waals surface area contributed by atoms with E-state index in [1.54, 1.807) is 7.05 Å². The van der Waals surface area contributed by atoms with E-state index >= 15 is 0 Å². The molecule has 0 aromatic carbocycles. The van der Waals surface area contributed by atoms with Gasteiger partial charge >= 0.3 is 5.69 Å². The first kappa shape index (κ1) is 8.58. The summed E-state index contributed by atoms with van der Waals surface area (Å²) in [5.41, 5.74) is -0.785. The van der Waals surface area contributed by atoms with Gasteiger partial charge in [0.05, 0.1) is 0 Å². The molecule has 1 rings (SSSR count). The van der Waals surface area contributed by atoms with Gasteiger partial charge in [-0.3, -0.25) is 14.3 Å². The number of rotatable bonds is 2. The molecule has 0 fully saturated rings. The van der Waals surface area contributed by atoms with Crippen molar-refractivity contribution in [2.24, 2.45) is 7.05 Å². The minimum absolute atomic E-state index is 0.381. The molecule has 0 aliphatic heterocycles. The Balaban J connectivity index is 3.28. The minimum atomic E-state index is -0.404. The maximum atomic E-state index is 11.0. The molecular weight excluding hydrogens is 158 g/mol. The minimum Gasteiger partial charge on any atom is -0.371 e. The van der Waals surface area contributed by atoms with E-state index in [0.29, 0.717) is 12.4 Å². The van der Waals surface area contributed by atoms with Crippen LogP contribution in [0.5, 0.6) is 0 Å². The fraction of sp³-hybridized carbons (Fsp3) is 0.429. The molecule has 0 aliphatic carbocycles. The van der Waals surface area contributed by atoms with Crippen LogP contribution in [0.2, 0.25) is 0 Å². The Bertz CT molecular complexity index is 377. The molecule has 0 amide bonds. The van der Waals surface area contributed by atoms with Crippen LogP contribution < -0.4 is 16.6 Å². The van der Waals surface area contributed by atoms with E-state index in [-0.39, 0.29) is 5.56 Å². The summed E-state index contributed by atoms with van der Waals surface area (Å²) >= 11 is 0. The molecule has 2 N–H and O–H groups in total. The molecule has 1 aromatic heterocycles. The van der Waals surface area contributed by atoms with Crippen molar-refractivity contribution >= 4 is 5.82 Å². The largest absolute Gasteiger partial charge is 0.371 e. The second-order valence-corrected chi connectivity index (χ2v) is 2.41. The van der Waals surface area contributed by atoms with E-state index in [9.17, 15) is 9.59 Å². The monoisotopic (exact) mass is 169 g/mol. The Kier molecular flexibility index (Phi) is 2.32. The average Bonchev–Trinajstić information content (AvgIpc) is 2.00. The van der Waals surface area contributed by atoms with Crippen molar-refractivity contribution in [1.82, 2.24) is 9.55 Å². The summed E-state index contributed by atoms with van der Waals surface area (Å²) in [6, 6.07) is 1.35. The van der Waals surface area contributed by atoms with Gasteiger partial charge < -0.3 is 5.32 Å². The summed E-state index contributed by atoms with van der Waals surface area (Å²) in [6.45, 7) is 2.57. The van der Waals surface area contributed by atoms with Crippen LogP contribution in [-0.4, -0.2) is 16.1 Å². The van der Waals surface area contributed by atoms with Crippen molar-refractivity contribution < 1.29 is 0 Å². The lowest BCUT2D eigenvalue weighted by molar-refractivity contribution is 0.802. The summed E-state index contributed by atoms with van der Waals surface area (Å²) in [5, 5.41) is 2.90. The van der Waals surface area contributed by atoms with E-state index < -0.39 is 5.69 Å². The van der Waals surface area contributed by atoms with Gasteiger partial charge in [0.25, 0.3) is 5.56 Å². The van der Waals surface area contributed by atoms with Crippen LogP contribution in [0.4, 0.5) is 5.82 Å². The number of anilines is 1. The van der Waals surface area contributed by atoms with Gasteiger partial charge in [0.2, 0.25) is 0 Å². The number of aromatic amines is 1. The quantitative estimate of drug-likeness (QED) is 0.627. The van der Waals surface area contributed by atoms with Crippen LogP contribution in [0, 0.1) is 0 Å². The molecule has 0 saturated carbocycles. The van der Waals surface area contributed by atoms with E-state index in [0.717, 1.165) is 0 Å². The highest BCUT2D eigenvalue weighted by atomic mass is 16.2. The molecule has 5 nitrogen and oxygen atoms in total. The normalized spacial score (nSPS) is 9.83. The summed E-state index contributed by atoms with van der Waals surface area (Å²) < 4.78 is 1.35. The van der Waals surface area contributed by atoms with Crippen molar-refractivity contribution in [3.05, 3.63) is 26.9 Å². The summed E-state index contributed by atoms with van der Waals surface area (Å²) in [7, 11) is 1.59. The highest BCUT2D eigenvalue weighted by molar-refractivity contribution is 5.32. The lowest BCUT2D eigenvalue weighted by Gasteiger charge is -2.06. The third-order valence-corrected chi connectivity index (χ3v) is 1.52. The Hall–Kier alpha value is -1.52. The van der Waals surface area contributed by atoms with E-state index in [4.69, 9.17) is 0 Å². The lowest BCUT2D eigenvalue weighted by atomic mass is 10.5. The molecule has 0 saturated heterocycles. The predicted octanol–water partition coefficient (Wildman–Crippen LogP) is -0.495. The van der Waals surface area contributed by atoms with E-state index in [2.05, 4.69) is 10.3 Å². The summed E-state index contributed by atoms with van der Waals surface area (Å²) in [6.07, 6.45) is 0. The predicted molar refractivity (Wildman–Crippen MR) is 46.5 cm³/mol. The molecule has 12 heavy (non-hydrogen) atoms. The number of hydrogen-bond acceptors (Lipinski definition) is 3. The molecule has 1 aromatic rings. The molecule has 1 heterocycles. The highest BCUT2D eigenvalue weighted by Gasteiger charge is 1.98. The molecule has 0 spiro atoms. The van der Waals surface area contributed by atoms with Crippen LogP contribution in [0.3, 0.4) is 0 Å². The van der Waals surface area contributed by atoms with Gasteiger partial charge in [0.15, 0.2) is 0 Å². The topological polar surface area (TPSA) is 66.9 Å². The third kappa shape index (κ3) is 1.55. The van der Waals surface area contributed by atoms with Crippen molar-refractivity contribution in [2.45, 2.75) is 6.92 Å². The fourth-order valence-corrected chi connectivity index (χ4v) is 0.906. The van der Waals surface area contributed by atoms with Gasteiger partial charge in [-0.05, 0) is 6.92 Å². The smallest absolute Gasteiger partial charge is 0.329 e. The Morgan fingerprint density at radius 3 is 2.83 bits per heavy atom. The van der Waals surface area contributed by atoms with Crippen LogP contribution in [0.15, 0.2) is 15.7 Å². The first-order valence-corrected chi connectivity index (χ1v) is 3.69. The fourth-order valence-electron chi connectivity index (χ4n) is 0.906. The number of hydrogen-bond donors (Lipinski definition) is 2. The molecule has 66 valence electrons. The van der Waals surface area contributed by atoms with Crippen molar-refractivity contribution in [1.29, 1.82) is 0 Å². The number of nitrogens with one attached hydrogen (secondary N) is 2. The van der Waals surface area contributed by atoms with Crippen molar-refractivity contribution in [3.8, 4) is 0 Å². The van der Waals surface area contributed by atoms with Gasteiger partial charge in [-0.2, -0.15) is 0 Å². The number of aromatic nitrogens is 2. The number of H-pyrrole nitrogens is 1. The SMILES string of the molecule is CCNc1cc(=O)[nH]c(=O)n1C. The van der Waals surface area contributed by atoms with E-state index in [1.807, 2.05) is 6.92 Å². The Morgan fingerprint density at radius 1 is 1.58 bits per heavy atom. The Labute approximate surface area is 69.0 Å².